The third-order valence-corrected chi connectivity index (χ3v) is 4.43. The van der Waals surface area contributed by atoms with Crippen molar-refractivity contribution in [1.29, 1.82) is 0 Å². The van der Waals surface area contributed by atoms with E-state index in [1.54, 1.807) is 35.5 Å². The molecule has 0 saturated heterocycles. The molecule has 0 fully saturated rings. The van der Waals surface area contributed by atoms with Crippen LogP contribution in [0.15, 0.2) is 36.7 Å². The molecule has 1 aromatic carbocycles. The Labute approximate surface area is 157 Å². The van der Waals surface area contributed by atoms with Gasteiger partial charge in [-0.1, -0.05) is 11.6 Å². The zero-order valence-corrected chi connectivity index (χ0v) is 15.7. The average molecular weight is 370 g/mol. The fourth-order valence-corrected chi connectivity index (χ4v) is 3.06. The first-order valence-electron chi connectivity index (χ1n) is 8.40. The van der Waals surface area contributed by atoms with Crippen LogP contribution in [0.3, 0.4) is 0 Å². The van der Waals surface area contributed by atoms with E-state index in [4.69, 9.17) is 17.3 Å². The molecule has 2 N–H and O–H groups in total. The molecule has 3 aromatic rings. The summed E-state index contributed by atoms with van der Waals surface area (Å²) in [6.45, 7) is 6.56. The van der Waals surface area contributed by atoms with Crippen LogP contribution in [0.25, 0.3) is 22.2 Å². The molecular weight excluding hydrogens is 350 g/mol. The summed E-state index contributed by atoms with van der Waals surface area (Å²) in [7, 11) is 0. The molecule has 1 amide bonds. The van der Waals surface area contributed by atoms with Gasteiger partial charge < -0.3 is 10.6 Å². The largest absolute Gasteiger partial charge is 0.368 e. The van der Waals surface area contributed by atoms with Crippen LogP contribution >= 0.6 is 11.6 Å². The van der Waals surface area contributed by atoms with Gasteiger partial charge in [0.15, 0.2) is 0 Å². The van der Waals surface area contributed by atoms with Gasteiger partial charge in [0.1, 0.15) is 0 Å². The highest BCUT2D eigenvalue weighted by atomic mass is 35.5. The predicted molar refractivity (Wildman–Crippen MR) is 104 cm³/mol. The molecule has 2 heterocycles. The Balaban J connectivity index is 2.23. The van der Waals surface area contributed by atoms with E-state index in [0.29, 0.717) is 33.9 Å². The molecule has 3 rings (SSSR count). The molecule has 26 heavy (non-hydrogen) atoms. The number of benzene rings is 1. The Morgan fingerprint density at radius 2 is 1.92 bits per heavy atom. The number of nitrogen functional groups attached to an aromatic ring is 1. The van der Waals surface area contributed by atoms with Gasteiger partial charge in [-0.3, -0.25) is 4.79 Å². The fourth-order valence-electron chi connectivity index (χ4n) is 2.89. The number of halogens is 1. The van der Waals surface area contributed by atoms with E-state index in [1.165, 1.54) is 0 Å². The Morgan fingerprint density at radius 3 is 2.54 bits per heavy atom. The third kappa shape index (κ3) is 3.46. The molecule has 0 atom stereocenters. The molecular formula is C19H20ClN5O. The number of hydrogen-bond donors (Lipinski definition) is 1. The van der Waals surface area contributed by atoms with Crippen LogP contribution in [-0.2, 0) is 0 Å². The number of rotatable bonds is 4. The van der Waals surface area contributed by atoms with Crippen molar-refractivity contribution in [2.45, 2.75) is 26.8 Å². The van der Waals surface area contributed by atoms with E-state index >= 15 is 0 Å². The molecule has 0 spiro atoms. The predicted octanol–water partition coefficient (Wildman–Crippen LogP) is 3.80. The summed E-state index contributed by atoms with van der Waals surface area (Å²) in [5.41, 5.74) is 8.11. The van der Waals surface area contributed by atoms with E-state index in [-0.39, 0.29) is 17.9 Å². The Hall–Kier alpha value is -2.73. The maximum Gasteiger partial charge on any atom is 0.254 e. The minimum absolute atomic E-state index is 0.0604. The smallest absolute Gasteiger partial charge is 0.254 e. The quantitative estimate of drug-likeness (QED) is 0.756. The van der Waals surface area contributed by atoms with Gasteiger partial charge in [0.25, 0.3) is 5.91 Å². The van der Waals surface area contributed by atoms with Gasteiger partial charge in [0.05, 0.1) is 16.8 Å². The van der Waals surface area contributed by atoms with E-state index in [0.717, 1.165) is 5.39 Å². The number of nitrogens with zero attached hydrogens (tertiary/aromatic N) is 4. The molecule has 134 valence electrons. The van der Waals surface area contributed by atoms with Crippen LogP contribution in [0.2, 0.25) is 5.02 Å². The molecule has 0 aliphatic rings. The second kappa shape index (κ2) is 7.25. The van der Waals surface area contributed by atoms with Crippen molar-refractivity contribution < 1.29 is 4.79 Å². The molecule has 2 aromatic heterocycles. The summed E-state index contributed by atoms with van der Waals surface area (Å²) in [6.07, 6.45) is 3.20. The summed E-state index contributed by atoms with van der Waals surface area (Å²) in [4.78, 5) is 27.7. The number of aromatic nitrogens is 3. The van der Waals surface area contributed by atoms with Gasteiger partial charge >= 0.3 is 0 Å². The number of fused-ring (bicyclic) bond motifs is 1. The third-order valence-electron chi connectivity index (χ3n) is 4.19. The van der Waals surface area contributed by atoms with Gasteiger partial charge in [-0.15, -0.1) is 0 Å². The summed E-state index contributed by atoms with van der Waals surface area (Å²) < 4.78 is 0. The Bertz CT molecular complexity index is 956. The molecule has 0 saturated carbocycles. The molecule has 0 bridgehead atoms. The zero-order chi connectivity index (χ0) is 18.8. The molecule has 0 aliphatic carbocycles. The van der Waals surface area contributed by atoms with Crippen LogP contribution < -0.4 is 5.73 Å². The number of anilines is 1. The van der Waals surface area contributed by atoms with Crippen LogP contribution in [-0.4, -0.2) is 38.3 Å². The minimum Gasteiger partial charge on any atom is -0.368 e. The minimum atomic E-state index is -0.0604. The van der Waals surface area contributed by atoms with Crippen molar-refractivity contribution in [3.05, 3.63) is 47.2 Å². The maximum absolute atomic E-state index is 13.2. The molecule has 0 radical (unpaired) electrons. The second-order valence-corrected chi connectivity index (χ2v) is 6.67. The van der Waals surface area contributed by atoms with Gasteiger partial charge in [-0.05, 0) is 45.0 Å². The molecule has 7 heteroatoms. The van der Waals surface area contributed by atoms with Crippen LogP contribution in [0.1, 0.15) is 31.1 Å². The Morgan fingerprint density at radius 1 is 1.23 bits per heavy atom. The monoisotopic (exact) mass is 369 g/mol. The number of pyridine rings is 1. The number of amides is 1. The van der Waals surface area contributed by atoms with Crippen molar-refractivity contribution in [3.8, 4) is 11.3 Å². The number of hydrogen-bond acceptors (Lipinski definition) is 5. The highest BCUT2D eigenvalue weighted by molar-refractivity contribution is 6.31. The zero-order valence-electron chi connectivity index (χ0n) is 14.9. The second-order valence-electron chi connectivity index (χ2n) is 6.23. The van der Waals surface area contributed by atoms with E-state index in [9.17, 15) is 4.79 Å². The van der Waals surface area contributed by atoms with Gasteiger partial charge in [-0.2, -0.15) is 0 Å². The number of nitrogens with two attached hydrogens (primary N) is 1. The maximum atomic E-state index is 13.2. The SMILES string of the molecule is CCN(C(=O)c1cc(-c2cnc(N)nc2)nc2ccc(Cl)cc12)C(C)C. The van der Waals surface area contributed by atoms with Crippen molar-refractivity contribution in [2.75, 3.05) is 12.3 Å². The van der Waals surface area contributed by atoms with E-state index in [1.807, 2.05) is 26.8 Å². The van der Waals surface area contributed by atoms with Gasteiger partial charge in [0, 0.05) is 41.0 Å². The van der Waals surface area contributed by atoms with Crippen LogP contribution in [0.4, 0.5) is 5.95 Å². The molecule has 0 aliphatic heterocycles. The first kappa shape index (κ1) is 18.1. The lowest BCUT2D eigenvalue weighted by Crippen LogP contribution is -2.36. The highest BCUT2D eigenvalue weighted by Crippen LogP contribution is 2.28. The summed E-state index contributed by atoms with van der Waals surface area (Å²) >= 11 is 6.16. The van der Waals surface area contributed by atoms with Crippen LogP contribution in [0, 0.1) is 0 Å². The summed E-state index contributed by atoms with van der Waals surface area (Å²) in [5.74, 6) is 0.129. The normalized spacial score (nSPS) is 11.1. The van der Waals surface area contributed by atoms with Crippen molar-refractivity contribution >= 4 is 34.4 Å². The Kier molecular flexibility index (Phi) is 5.04. The lowest BCUT2D eigenvalue weighted by atomic mass is 10.0. The lowest BCUT2D eigenvalue weighted by molar-refractivity contribution is 0.0719. The topological polar surface area (TPSA) is 85.0 Å². The number of carbonyl (C=O) groups excluding carboxylic acids is 1. The first-order chi connectivity index (χ1) is 12.4. The van der Waals surface area contributed by atoms with Crippen molar-refractivity contribution in [1.82, 2.24) is 19.9 Å². The number of carbonyl (C=O) groups is 1. The van der Waals surface area contributed by atoms with Gasteiger partial charge in [0.2, 0.25) is 5.95 Å². The summed E-state index contributed by atoms with van der Waals surface area (Å²) in [5, 5.41) is 1.28. The van der Waals surface area contributed by atoms with Crippen LogP contribution in [0.5, 0.6) is 0 Å². The lowest BCUT2D eigenvalue weighted by Gasteiger charge is -2.26. The van der Waals surface area contributed by atoms with Crippen molar-refractivity contribution in [3.63, 3.8) is 0 Å². The van der Waals surface area contributed by atoms with Gasteiger partial charge in [-0.25, -0.2) is 15.0 Å². The first-order valence-corrected chi connectivity index (χ1v) is 8.77. The van der Waals surface area contributed by atoms with Crippen molar-refractivity contribution in [2.24, 2.45) is 0 Å². The summed E-state index contributed by atoms with van der Waals surface area (Å²) in [6, 6.07) is 7.18. The molecule has 6 nitrogen and oxygen atoms in total. The average Bonchev–Trinajstić information content (AvgIpc) is 2.61. The highest BCUT2D eigenvalue weighted by Gasteiger charge is 2.21. The fraction of sp³-hybridized carbons (Fsp3) is 0.263. The standard InChI is InChI=1S/C19H20ClN5O/c1-4-25(11(2)3)18(26)15-8-17(12-9-22-19(21)23-10-12)24-16-6-5-13(20)7-14(15)16/h5-11H,4H2,1-3H3,(H2,21,22,23). The molecule has 0 unspecified atom stereocenters. The van der Waals surface area contributed by atoms with E-state index in [2.05, 4.69) is 15.0 Å². The van der Waals surface area contributed by atoms with E-state index < -0.39 is 0 Å².